The number of para-hydroxylation sites is 2. The number of amides is 1. The smallest absolute Gasteiger partial charge is 0.340 e. The van der Waals surface area contributed by atoms with Gasteiger partial charge in [0.15, 0.2) is 5.13 Å². The molecule has 0 fully saturated rings. The largest absolute Gasteiger partial charge is 0.495 e. The summed E-state index contributed by atoms with van der Waals surface area (Å²) < 4.78 is 23.6. The van der Waals surface area contributed by atoms with Gasteiger partial charge in [-0.15, -0.1) is 11.3 Å². The van der Waals surface area contributed by atoms with Gasteiger partial charge in [-0.2, -0.15) is 0 Å². The van der Waals surface area contributed by atoms with E-state index < -0.39 is 11.8 Å². The molecule has 3 aromatic rings. The number of anilines is 2. The van der Waals surface area contributed by atoms with Crippen molar-refractivity contribution < 1.29 is 23.5 Å². The molecule has 2 aromatic carbocycles. The fourth-order valence-electron chi connectivity index (χ4n) is 2.56. The van der Waals surface area contributed by atoms with Gasteiger partial charge >= 0.3 is 5.97 Å². The fraction of sp³-hybridized carbons (Fsp3) is 0.150. The van der Waals surface area contributed by atoms with Gasteiger partial charge in [-0.05, 0) is 30.3 Å². The zero-order valence-electron chi connectivity index (χ0n) is 15.5. The Morgan fingerprint density at radius 2 is 2.00 bits per heavy atom. The summed E-state index contributed by atoms with van der Waals surface area (Å²) in [6.45, 7) is 1.30. The Hall–Kier alpha value is -2.97. The van der Waals surface area contributed by atoms with E-state index in [2.05, 4.69) is 4.98 Å². The zero-order valence-corrected chi connectivity index (χ0v) is 17.1. The molecule has 0 aliphatic carbocycles. The highest BCUT2D eigenvalue weighted by atomic mass is 35.5. The van der Waals surface area contributed by atoms with Crippen molar-refractivity contribution in [1.82, 2.24) is 4.98 Å². The van der Waals surface area contributed by atoms with Gasteiger partial charge in [0.05, 0.1) is 29.1 Å². The first-order valence-corrected chi connectivity index (χ1v) is 9.66. The molecule has 1 heterocycles. The molecule has 0 N–H and O–H groups in total. The van der Waals surface area contributed by atoms with Gasteiger partial charge in [-0.3, -0.25) is 9.69 Å². The molecule has 0 spiro atoms. The number of methoxy groups -OCH3 is 1. The summed E-state index contributed by atoms with van der Waals surface area (Å²) in [5.74, 6) is -0.962. The van der Waals surface area contributed by atoms with E-state index in [1.807, 2.05) is 0 Å². The predicted molar refractivity (Wildman–Crippen MR) is 108 cm³/mol. The van der Waals surface area contributed by atoms with Crippen molar-refractivity contribution in [3.8, 4) is 5.75 Å². The number of rotatable bonds is 6. The first-order chi connectivity index (χ1) is 13.9. The highest BCUT2D eigenvalue weighted by Gasteiger charge is 2.21. The number of hydrogen-bond donors (Lipinski definition) is 0. The van der Waals surface area contributed by atoms with Gasteiger partial charge in [0, 0.05) is 12.3 Å². The highest BCUT2D eigenvalue weighted by Crippen LogP contribution is 2.35. The normalized spacial score (nSPS) is 10.5. The van der Waals surface area contributed by atoms with Crippen molar-refractivity contribution in [3.05, 3.63) is 69.9 Å². The van der Waals surface area contributed by atoms with Gasteiger partial charge in [-0.25, -0.2) is 14.2 Å². The number of hydrogen-bond acceptors (Lipinski definition) is 6. The summed E-state index contributed by atoms with van der Waals surface area (Å²) in [5, 5.41) is 2.06. The number of nitrogens with zero attached hydrogens (tertiary/aromatic N) is 2. The third kappa shape index (κ3) is 4.72. The van der Waals surface area contributed by atoms with Crippen LogP contribution in [0.2, 0.25) is 5.02 Å². The van der Waals surface area contributed by atoms with E-state index in [-0.39, 0.29) is 23.1 Å². The third-order valence-electron chi connectivity index (χ3n) is 3.87. The first-order valence-electron chi connectivity index (χ1n) is 8.41. The van der Waals surface area contributed by atoms with Crippen LogP contribution >= 0.6 is 22.9 Å². The van der Waals surface area contributed by atoms with Crippen LogP contribution in [-0.2, 0) is 16.1 Å². The summed E-state index contributed by atoms with van der Waals surface area (Å²) in [6, 6.07) is 10.5. The molecule has 0 aliphatic heterocycles. The lowest BCUT2D eigenvalue weighted by Crippen LogP contribution is -2.23. The highest BCUT2D eigenvalue weighted by molar-refractivity contribution is 7.14. The molecule has 0 unspecified atom stereocenters. The van der Waals surface area contributed by atoms with Gasteiger partial charge in [-0.1, -0.05) is 23.7 Å². The van der Waals surface area contributed by atoms with Gasteiger partial charge < -0.3 is 9.47 Å². The molecular formula is C20H16ClFN2O4S. The lowest BCUT2D eigenvalue weighted by molar-refractivity contribution is -0.115. The van der Waals surface area contributed by atoms with E-state index in [1.54, 1.807) is 29.6 Å². The number of carbonyl (C=O) groups is 2. The Bertz CT molecular complexity index is 1060. The van der Waals surface area contributed by atoms with Gasteiger partial charge in [0.1, 0.15) is 18.2 Å². The maximum Gasteiger partial charge on any atom is 0.340 e. The quantitative estimate of drug-likeness (QED) is 0.511. The summed E-state index contributed by atoms with van der Waals surface area (Å²) >= 11 is 7.10. The molecule has 9 heteroatoms. The number of ether oxygens (including phenoxy) is 2. The van der Waals surface area contributed by atoms with Crippen LogP contribution in [0.3, 0.4) is 0 Å². The second-order valence-electron chi connectivity index (χ2n) is 5.85. The number of carbonyl (C=O) groups excluding carboxylic acids is 2. The van der Waals surface area contributed by atoms with Gasteiger partial charge in [0.25, 0.3) is 0 Å². The van der Waals surface area contributed by atoms with E-state index in [4.69, 9.17) is 21.1 Å². The second-order valence-corrected chi connectivity index (χ2v) is 7.09. The average Bonchev–Trinajstić information content (AvgIpc) is 3.15. The molecule has 1 aromatic heterocycles. The fourth-order valence-corrected chi connectivity index (χ4v) is 3.67. The van der Waals surface area contributed by atoms with E-state index in [9.17, 15) is 14.0 Å². The Balaban J connectivity index is 1.77. The molecular weight excluding hydrogens is 419 g/mol. The molecule has 150 valence electrons. The first kappa shape index (κ1) is 20.8. The zero-order chi connectivity index (χ0) is 21.0. The molecule has 0 radical (unpaired) electrons. The van der Waals surface area contributed by atoms with Gasteiger partial charge in [0.2, 0.25) is 5.91 Å². The monoisotopic (exact) mass is 434 g/mol. The van der Waals surface area contributed by atoms with Crippen LogP contribution in [0.25, 0.3) is 0 Å². The van der Waals surface area contributed by atoms with E-state index in [0.29, 0.717) is 22.3 Å². The number of esters is 1. The van der Waals surface area contributed by atoms with Crippen molar-refractivity contribution in [2.75, 3.05) is 12.0 Å². The number of aromatic nitrogens is 1. The maximum absolute atomic E-state index is 13.1. The number of benzene rings is 2. The summed E-state index contributed by atoms with van der Waals surface area (Å²) in [5.41, 5.74) is 1.07. The Labute approximate surface area is 175 Å². The van der Waals surface area contributed by atoms with Crippen LogP contribution < -0.4 is 9.64 Å². The lowest BCUT2D eigenvalue weighted by atomic mass is 10.2. The Morgan fingerprint density at radius 1 is 1.24 bits per heavy atom. The topological polar surface area (TPSA) is 68.7 Å². The molecule has 0 bridgehead atoms. The average molecular weight is 435 g/mol. The molecule has 1 amide bonds. The standard InChI is InChI=1S/C20H16ClFN2O4S/c1-12(25)24(17-5-3-4-6-18(17)27-2)20-23-14(11-29-20)10-28-19(26)15-8-7-13(22)9-16(15)21/h3-9,11H,10H2,1-2H3. The van der Waals surface area contributed by atoms with Crippen LogP contribution in [-0.4, -0.2) is 24.0 Å². The molecule has 6 nitrogen and oxygen atoms in total. The summed E-state index contributed by atoms with van der Waals surface area (Å²) in [4.78, 5) is 30.2. The molecule has 3 rings (SSSR count). The molecule has 0 saturated heterocycles. The maximum atomic E-state index is 13.1. The van der Waals surface area contributed by atoms with E-state index >= 15 is 0 Å². The van der Waals surface area contributed by atoms with Crippen molar-refractivity contribution in [2.24, 2.45) is 0 Å². The lowest BCUT2D eigenvalue weighted by Gasteiger charge is -2.20. The molecule has 0 atom stereocenters. The number of halogens is 2. The minimum Gasteiger partial charge on any atom is -0.495 e. The van der Waals surface area contributed by atoms with Crippen molar-refractivity contribution in [3.63, 3.8) is 0 Å². The minimum atomic E-state index is -0.697. The van der Waals surface area contributed by atoms with E-state index in [1.165, 1.54) is 36.3 Å². The Kier molecular flexibility index (Phi) is 6.46. The summed E-state index contributed by atoms with van der Waals surface area (Å²) in [7, 11) is 1.52. The van der Waals surface area contributed by atoms with Crippen LogP contribution in [0.5, 0.6) is 5.75 Å². The molecule has 29 heavy (non-hydrogen) atoms. The van der Waals surface area contributed by atoms with Crippen molar-refractivity contribution in [1.29, 1.82) is 0 Å². The SMILES string of the molecule is COc1ccccc1N(C(C)=O)c1nc(COC(=O)c2ccc(F)cc2Cl)cs1. The van der Waals surface area contributed by atoms with E-state index in [0.717, 1.165) is 12.1 Å². The molecule has 0 saturated carbocycles. The summed E-state index contributed by atoms with van der Waals surface area (Å²) in [6.07, 6.45) is 0. The van der Waals surface area contributed by atoms with Crippen LogP contribution in [0, 0.1) is 5.82 Å². The molecule has 0 aliphatic rings. The van der Waals surface area contributed by atoms with Crippen LogP contribution in [0.1, 0.15) is 23.0 Å². The minimum absolute atomic E-state index is 0.0344. The third-order valence-corrected chi connectivity index (χ3v) is 5.06. The van der Waals surface area contributed by atoms with Crippen molar-refractivity contribution in [2.45, 2.75) is 13.5 Å². The second kappa shape index (κ2) is 9.02. The Morgan fingerprint density at radius 3 is 2.69 bits per heavy atom. The van der Waals surface area contributed by atoms with Crippen LogP contribution in [0.15, 0.2) is 47.8 Å². The predicted octanol–water partition coefficient (Wildman–Crippen LogP) is 4.99. The van der Waals surface area contributed by atoms with Crippen LogP contribution in [0.4, 0.5) is 15.2 Å². The van der Waals surface area contributed by atoms with Crippen molar-refractivity contribution >= 4 is 45.6 Å². The number of thiazole rings is 1.